The highest BCUT2D eigenvalue weighted by atomic mass is 19.1. The summed E-state index contributed by atoms with van der Waals surface area (Å²) in [5, 5.41) is 11.0. The molecule has 0 saturated heterocycles. The smallest absolute Gasteiger partial charge is 0.224 e. The Morgan fingerprint density at radius 2 is 2.35 bits per heavy atom. The van der Waals surface area contributed by atoms with Gasteiger partial charge in [-0.05, 0) is 30.7 Å². The average Bonchev–Trinajstić information content (AvgIpc) is 2.31. The van der Waals surface area contributed by atoms with E-state index < -0.39 is 5.82 Å². The van der Waals surface area contributed by atoms with Gasteiger partial charge in [0.2, 0.25) is 5.91 Å². The molecule has 3 N–H and O–H groups in total. The SMILES string of the molecule is CC(CN)CC(=O)Nc1ccc(C#N)cc1F. The van der Waals surface area contributed by atoms with Crippen molar-refractivity contribution in [2.24, 2.45) is 11.7 Å². The summed E-state index contributed by atoms with van der Waals surface area (Å²) in [7, 11) is 0. The summed E-state index contributed by atoms with van der Waals surface area (Å²) in [6.45, 7) is 2.25. The number of anilines is 1. The van der Waals surface area contributed by atoms with Crippen LogP contribution < -0.4 is 11.1 Å². The number of rotatable bonds is 4. The maximum atomic E-state index is 13.4. The van der Waals surface area contributed by atoms with Gasteiger partial charge in [-0.25, -0.2) is 4.39 Å². The third-order valence-electron chi connectivity index (χ3n) is 2.31. The molecule has 0 saturated carbocycles. The first kappa shape index (κ1) is 13.1. The van der Waals surface area contributed by atoms with Gasteiger partial charge in [0.25, 0.3) is 0 Å². The fourth-order valence-corrected chi connectivity index (χ4v) is 1.29. The molecule has 1 rings (SSSR count). The summed E-state index contributed by atoms with van der Waals surface area (Å²) in [4.78, 5) is 11.5. The van der Waals surface area contributed by atoms with Crippen molar-refractivity contribution >= 4 is 11.6 Å². The molecular weight excluding hydrogens is 221 g/mol. The highest BCUT2D eigenvalue weighted by Crippen LogP contribution is 2.16. The second kappa shape index (κ2) is 5.97. The van der Waals surface area contributed by atoms with Crippen LogP contribution in [0, 0.1) is 23.1 Å². The van der Waals surface area contributed by atoms with E-state index in [1.165, 1.54) is 12.1 Å². The second-order valence-electron chi connectivity index (χ2n) is 3.90. The molecule has 0 aliphatic carbocycles. The van der Waals surface area contributed by atoms with Crippen LogP contribution in [-0.4, -0.2) is 12.5 Å². The van der Waals surface area contributed by atoms with Crippen molar-refractivity contribution in [2.45, 2.75) is 13.3 Å². The van der Waals surface area contributed by atoms with E-state index >= 15 is 0 Å². The van der Waals surface area contributed by atoms with Gasteiger partial charge in [0.15, 0.2) is 0 Å². The molecule has 0 aromatic heterocycles. The number of nitrogens with one attached hydrogen (secondary N) is 1. The number of nitriles is 1. The number of nitrogens with two attached hydrogens (primary N) is 1. The largest absolute Gasteiger partial charge is 0.330 e. The zero-order valence-electron chi connectivity index (χ0n) is 9.53. The number of halogens is 1. The molecule has 0 fully saturated rings. The number of nitrogens with zero attached hydrogens (tertiary/aromatic N) is 1. The minimum Gasteiger partial charge on any atom is -0.330 e. The fourth-order valence-electron chi connectivity index (χ4n) is 1.29. The van der Waals surface area contributed by atoms with Crippen LogP contribution in [-0.2, 0) is 4.79 Å². The van der Waals surface area contributed by atoms with Crippen molar-refractivity contribution in [3.63, 3.8) is 0 Å². The van der Waals surface area contributed by atoms with Gasteiger partial charge in [0.1, 0.15) is 5.82 Å². The first-order valence-electron chi connectivity index (χ1n) is 5.26. The van der Waals surface area contributed by atoms with Crippen molar-refractivity contribution in [1.29, 1.82) is 5.26 Å². The molecule has 1 atom stereocenters. The zero-order valence-corrected chi connectivity index (χ0v) is 9.53. The molecule has 0 aliphatic heterocycles. The molecule has 5 heteroatoms. The van der Waals surface area contributed by atoms with E-state index in [1.54, 1.807) is 0 Å². The van der Waals surface area contributed by atoms with Crippen molar-refractivity contribution in [2.75, 3.05) is 11.9 Å². The standard InChI is InChI=1S/C12H14FN3O/c1-8(6-14)4-12(17)16-11-3-2-9(7-15)5-10(11)13/h2-3,5,8H,4,6,14H2,1H3,(H,16,17). The number of amides is 1. The van der Waals surface area contributed by atoms with Gasteiger partial charge in [-0.2, -0.15) is 5.26 Å². The molecular formula is C12H14FN3O. The third-order valence-corrected chi connectivity index (χ3v) is 2.31. The third kappa shape index (κ3) is 3.85. The van der Waals surface area contributed by atoms with E-state index in [9.17, 15) is 9.18 Å². The van der Waals surface area contributed by atoms with Crippen molar-refractivity contribution in [3.8, 4) is 6.07 Å². The predicted molar refractivity (Wildman–Crippen MR) is 62.6 cm³/mol. The van der Waals surface area contributed by atoms with Gasteiger partial charge < -0.3 is 11.1 Å². The van der Waals surface area contributed by atoms with Gasteiger partial charge in [0, 0.05) is 6.42 Å². The highest BCUT2D eigenvalue weighted by molar-refractivity contribution is 5.91. The van der Waals surface area contributed by atoms with Gasteiger partial charge in [-0.3, -0.25) is 4.79 Å². The maximum Gasteiger partial charge on any atom is 0.224 e. The number of hydrogen-bond acceptors (Lipinski definition) is 3. The molecule has 1 aromatic rings. The number of hydrogen-bond donors (Lipinski definition) is 2. The molecule has 17 heavy (non-hydrogen) atoms. The fraction of sp³-hybridized carbons (Fsp3) is 0.333. The van der Waals surface area contributed by atoms with Crippen LogP contribution in [0.1, 0.15) is 18.9 Å². The Kier molecular flexibility index (Phi) is 4.61. The summed E-state index contributed by atoms with van der Waals surface area (Å²) >= 11 is 0. The Hall–Kier alpha value is -1.93. The molecule has 0 spiro atoms. The van der Waals surface area contributed by atoms with Crippen molar-refractivity contribution in [3.05, 3.63) is 29.6 Å². The molecule has 0 radical (unpaired) electrons. The van der Waals surface area contributed by atoms with Crippen LogP contribution in [0.3, 0.4) is 0 Å². The molecule has 90 valence electrons. The zero-order chi connectivity index (χ0) is 12.8. The number of carbonyl (C=O) groups is 1. The predicted octanol–water partition coefficient (Wildman–Crippen LogP) is 1.62. The van der Waals surface area contributed by atoms with Crippen molar-refractivity contribution in [1.82, 2.24) is 0 Å². The van der Waals surface area contributed by atoms with E-state index in [1.807, 2.05) is 13.0 Å². The molecule has 1 unspecified atom stereocenters. The molecule has 1 aromatic carbocycles. The van der Waals surface area contributed by atoms with Crippen LogP contribution in [0.5, 0.6) is 0 Å². The van der Waals surface area contributed by atoms with Crippen LogP contribution in [0.2, 0.25) is 0 Å². The molecule has 4 nitrogen and oxygen atoms in total. The van der Waals surface area contributed by atoms with Crippen LogP contribution in [0.15, 0.2) is 18.2 Å². The van der Waals surface area contributed by atoms with Gasteiger partial charge >= 0.3 is 0 Å². The van der Waals surface area contributed by atoms with Crippen LogP contribution >= 0.6 is 0 Å². The van der Waals surface area contributed by atoms with E-state index in [0.717, 1.165) is 6.07 Å². The molecule has 1 amide bonds. The van der Waals surface area contributed by atoms with Crippen LogP contribution in [0.25, 0.3) is 0 Å². The Balaban J connectivity index is 2.69. The summed E-state index contributed by atoms with van der Waals surface area (Å²) < 4.78 is 13.4. The normalized spacial score (nSPS) is 11.6. The van der Waals surface area contributed by atoms with E-state index in [-0.39, 0.29) is 29.5 Å². The minimum atomic E-state index is -0.613. The molecule has 0 bridgehead atoms. The highest BCUT2D eigenvalue weighted by Gasteiger charge is 2.10. The summed E-state index contributed by atoms with van der Waals surface area (Å²) in [6.07, 6.45) is 0.246. The summed E-state index contributed by atoms with van der Waals surface area (Å²) in [6, 6.07) is 5.73. The number of benzene rings is 1. The lowest BCUT2D eigenvalue weighted by atomic mass is 10.1. The first-order valence-corrected chi connectivity index (χ1v) is 5.26. The van der Waals surface area contributed by atoms with Gasteiger partial charge in [-0.1, -0.05) is 6.92 Å². The van der Waals surface area contributed by atoms with E-state index in [0.29, 0.717) is 6.54 Å². The van der Waals surface area contributed by atoms with E-state index in [2.05, 4.69) is 5.32 Å². The monoisotopic (exact) mass is 235 g/mol. The first-order chi connectivity index (χ1) is 8.06. The summed E-state index contributed by atoms with van der Waals surface area (Å²) in [5.41, 5.74) is 5.69. The Morgan fingerprint density at radius 3 is 2.88 bits per heavy atom. The lowest BCUT2D eigenvalue weighted by molar-refractivity contribution is -0.116. The Labute approximate surface area is 99.2 Å². The minimum absolute atomic E-state index is 0.0523. The number of carbonyl (C=O) groups excluding carboxylic acids is 1. The maximum absolute atomic E-state index is 13.4. The second-order valence-corrected chi connectivity index (χ2v) is 3.90. The molecule has 0 heterocycles. The van der Waals surface area contributed by atoms with Gasteiger partial charge in [-0.15, -0.1) is 0 Å². The topological polar surface area (TPSA) is 78.9 Å². The lowest BCUT2D eigenvalue weighted by Crippen LogP contribution is -2.20. The quantitative estimate of drug-likeness (QED) is 0.832. The average molecular weight is 235 g/mol. The van der Waals surface area contributed by atoms with Crippen LogP contribution in [0.4, 0.5) is 10.1 Å². The molecule has 0 aliphatic rings. The Morgan fingerprint density at radius 1 is 1.65 bits per heavy atom. The van der Waals surface area contributed by atoms with Crippen molar-refractivity contribution < 1.29 is 9.18 Å². The Bertz CT molecular complexity index is 454. The van der Waals surface area contributed by atoms with E-state index in [4.69, 9.17) is 11.0 Å². The summed E-state index contributed by atoms with van der Waals surface area (Å²) in [5.74, 6) is -0.846. The van der Waals surface area contributed by atoms with Gasteiger partial charge in [0.05, 0.1) is 17.3 Å². The lowest BCUT2D eigenvalue weighted by Gasteiger charge is -2.09.